The minimum Gasteiger partial charge on any atom is -0.383 e. The Morgan fingerprint density at radius 3 is 2.29 bits per heavy atom. The van der Waals surface area contributed by atoms with Crippen LogP contribution < -0.4 is 0 Å². The van der Waals surface area contributed by atoms with Gasteiger partial charge in [0.15, 0.2) is 12.0 Å². The number of methoxy groups -OCH3 is 1. The van der Waals surface area contributed by atoms with Crippen molar-refractivity contribution in [2.45, 2.75) is 31.7 Å². The number of benzene rings is 2. The molecule has 0 aliphatic carbocycles. The Kier molecular flexibility index (Phi) is 9.05. The maximum Gasteiger partial charge on any atom is 0.174 e. The molecular formula is C27H30Cl2N2O4. The number of ether oxygens (including phenoxy) is 2. The molecule has 1 unspecified atom stereocenters. The van der Waals surface area contributed by atoms with Crippen LogP contribution in [0, 0.1) is 0 Å². The summed E-state index contributed by atoms with van der Waals surface area (Å²) in [6.07, 6.45) is 2.36. The van der Waals surface area contributed by atoms with Crippen molar-refractivity contribution in [3.63, 3.8) is 0 Å². The lowest BCUT2D eigenvalue weighted by atomic mass is 9.85. The van der Waals surface area contributed by atoms with E-state index in [1.165, 1.54) is 0 Å². The number of pyridine rings is 1. The van der Waals surface area contributed by atoms with Gasteiger partial charge in [-0.3, -0.25) is 14.7 Å². The van der Waals surface area contributed by atoms with E-state index >= 15 is 0 Å². The van der Waals surface area contributed by atoms with Crippen molar-refractivity contribution in [3.05, 3.63) is 98.8 Å². The largest absolute Gasteiger partial charge is 0.383 e. The molecule has 1 aromatic heterocycles. The predicted molar refractivity (Wildman–Crippen MR) is 138 cm³/mol. The summed E-state index contributed by atoms with van der Waals surface area (Å²) >= 11 is 12.2. The molecule has 3 rings (SSSR count). The second-order valence-electron chi connectivity index (χ2n) is 8.51. The van der Waals surface area contributed by atoms with Crippen LogP contribution in [-0.4, -0.2) is 48.6 Å². The van der Waals surface area contributed by atoms with Gasteiger partial charge in [-0.25, -0.2) is 0 Å². The SMILES string of the molecule is CCOCC(C)(O)c1ccc([C@](OC)(c2ccc(Cl)cc2)N(C)Cc2ccc(Cl)cn2)c(C=O)c1. The van der Waals surface area contributed by atoms with Gasteiger partial charge in [-0.05, 0) is 56.8 Å². The van der Waals surface area contributed by atoms with Gasteiger partial charge in [-0.1, -0.05) is 47.5 Å². The lowest BCUT2D eigenvalue weighted by Crippen LogP contribution is -2.47. The number of aldehydes is 1. The van der Waals surface area contributed by atoms with Crippen LogP contribution in [0.25, 0.3) is 0 Å². The first-order valence-corrected chi connectivity index (χ1v) is 12.0. The lowest BCUT2D eigenvalue weighted by molar-refractivity contribution is -0.104. The summed E-state index contributed by atoms with van der Waals surface area (Å²) in [4.78, 5) is 18.7. The van der Waals surface area contributed by atoms with Crippen LogP contribution in [0.1, 0.15) is 46.6 Å². The molecule has 0 saturated heterocycles. The number of aliphatic hydroxyl groups is 1. The molecule has 0 spiro atoms. The number of hydrogen-bond donors (Lipinski definition) is 1. The third-order valence-corrected chi connectivity index (χ3v) is 6.48. The van der Waals surface area contributed by atoms with Crippen LogP contribution in [0.2, 0.25) is 10.0 Å². The Morgan fingerprint density at radius 1 is 1.06 bits per heavy atom. The summed E-state index contributed by atoms with van der Waals surface area (Å²) < 4.78 is 11.7. The Labute approximate surface area is 216 Å². The van der Waals surface area contributed by atoms with E-state index < -0.39 is 11.3 Å². The molecule has 186 valence electrons. The first kappa shape index (κ1) is 27.3. The molecule has 0 bridgehead atoms. The molecule has 0 aliphatic rings. The molecule has 35 heavy (non-hydrogen) atoms. The highest BCUT2D eigenvalue weighted by atomic mass is 35.5. The molecule has 3 aromatic rings. The Morgan fingerprint density at radius 2 is 1.71 bits per heavy atom. The number of rotatable bonds is 11. The van der Waals surface area contributed by atoms with E-state index in [-0.39, 0.29) is 6.61 Å². The third-order valence-electron chi connectivity index (χ3n) is 6.01. The van der Waals surface area contributed by atoms with Crippen LogP contribution in [0.5, 0.6) is 0 Å². The van der Waals surface area contributed by atoms with Crippen LogP contribution in [0.4, 0.5) is 0 Å². The molecule has 1 heterocycles. The van der Waals surface area contributed by atoms with Gasteiger partial charge in [-0.15, -0.1) is 0 Å². The van der Waals surface area contributed by atoms with Crippen LogP contribution in [0.3, 0.4) is 0 Å². The summed E-state index contributed by atoms with van der Waals surface area (Å²) in [5.41, 5.74) is 0.694. The van der Waals surface area contributed by atoms with Gasteiger partial charge in [-0.2, -0.15) is 0 Å². The minimum absolute atomic E-state index is 0.107. The summed E-state index contributed by atoms with van der Waals surface area (Å²) in [5.74, 6) is 0. The van der Waals surface area contributed by atoms with Crippen molar-refractivity contribution in [2.24, 2.45) is 0 Å². The van der Waals surface area contributed by atoms with Crippen LogP contribution >= 0.6 is 23.2 Å². The van der Waals surface area contributed by atoms with E-state index in [1.54, 1.807) is 50.6 Å². The molecule has 0 fully saturated rings. The number of halogens is 2. The number of nitrogens with zero attached hydrogens (tertiary/aromatic N) is 2. The van der Waals surface area contributed by atoms with Gasteiger partial charge in [0.05, 0.1) is 17.3 Å². The van der Waals surface area contributed by atoms with Gasteiger partial charge < -0.3 is 14.6 Å². The van der Waals surface area contributed by atoms with Crippen molar-refractivity contribution in [3.8, 4) is 0 Å². The zero-order chi connectivity index (χ0) is 25.6. The van der Waals surface area contributed by atoms with Crippen molar-refractivity contribution >= 4 is 29.5 Å². The molecule has 0 amide bonds. The van der Waals surface area contributed by atoms with Crippen molar-refractivity contribution in [2.75, 3.05) is 27.4 Å². The lowest BCUT2D eigenvalue weighted by Gasteiger charge is -2.42. The van der Waals surface area contributed by atoms with E-state index in [0.717, 1.165) is 17.5 Å². The van der Waals surface area contributed by atoms with Gasteiger partial charge in [0.1, 0.15) is 5.60 Å². The number of aromatic nitrogens is 1. The first-order chi connectivity index (χ1) is 16.7. The predicted octanol–water partition coefficient (Wildman–Crippen LogP) is 5.42. The average molecular weight is 517 g/mol. The smallest absolute Gasteiger partial charge is 0.174 e. The summed E-state index contributed by atoms with van der Waals surface area (Å²) in [7, 11) is 3.48. The minimum atomic E-state index is -1.26. The highest BCUT2D eigenvalue weighted by Crippen LogP contribution is 2.40. The monoisotopic (exact) mass is 516 g/mol. The Bertz CT molecular complexity index is 1140. The van der Waals surface area contributed by atoms with E-state index in [2.05, 4.69) is 4.98 Å². The standard InChI is InChI=1S/C27H30Cl2N2O4/c1-5-35-18-26(2,33)21-8-13-25(19(14-21)17-32)27(34-4,20-6-9-22(28)10-7-20)31(3)16-24-12-11-23(29)15-30-24/h6-15,17,33H,5,16,18H2,1-4H3/t26?,27-/m1/s1. The Balaban J connectivity index is 2.17. The normalized spacial score (nSPS) is 15.0. The van der Waals surface area contributed by atoms with E-state index in [0.29, 0.717) is 39.9 Å². The Hall–Kier alpha value is -2.32. The fourth-order valence-electron chi connectivity index (χ4n) is 4.18. The van der Waals surface area contributed by atoms with Gasteiger partial charge in [0, 0.05) is 48.2 Å². The fourth-order valence-corrected chi connectivity index (χ4v) is 4.42. The van der Waals surface area contributed by atoms with Crippen LogP contribution in [0.15, 0.2) is 60.8 Å². The van der Waals surface area contributed by atoms with E-state index in [4.69, 9.17) is 32.7 Å². The third kappa shape index (κ3) is 5.92. The quantitative estimate of drug-likeness (QED) is 0.270. The van der Waals surface area contributed by atoms with Crippen molar-refractivity contribution in [1.82, 2.24) is 9.88 Å². The second kappa shape index (κ2) is 11.6. The summed E-state index contributed by atoms with van der Waals surface area (Å²) in [6, 6.07) is 16.2. The fraction of sp³-hybridized carbons (Fsp3) is 0.333. The molecular weight excluding hydrogens is 487 g/mol. The first-order valence-electron chi connectivity index (χ1n) is 11.2. The highest BCUT2D eigenvalue weighted by Gasteiger charge is 2.41. The van der Waals surface area contributed by atoms with Gasteiger partial charge in [0.25, 0.3) is 0 Å². The molecule has 0 aliphatic heterocycles. The average Bonchev–Trinajstić information content (AvgIpc) is 2.86. The zero-order valence-corrected chi connectivity index (χ0v) is 21.8. The maximum atomic E-state index is 12.4. The molecule has 1 N–H and O–H groups in total. The second-order valence-corrected chi connectivity index (χ2v) is 9.38. The van der Waals surface area contributed by atoms with Gasteiger partial charge >= 0.3 is 0 Å². The number of carbonyl (C=O) groups excluding carboxylic acids is 1. The molecule has 2 atom stereocenters. The van der Waals surface area contributed by atoms with Gasteiger partial charge in [0.2, 0.25) is 0 Å². The molecule has 0 radical (unpaired) electrons. The molecule has 0 saturated carbocycles. The van der Waals surface area contributed by atoms with Crippen molar-refractivity contribution in [1.29, 1.82) is 0 Å². The highest BCUT2D eigenvalue weighted by molar-refractivity contribution is 6.30. The maximum absolute atomic E-state index is 12.4. The number of carbonyl (C=O) groups is 1. The topological polar surface area (TPSA) is 71.9 Å². The van der Waals surface area contributed by atoms with E-state index in [1.807, 2.05) is 43.1 Å². The zero-order valence-electron chi connectivity index (χ0n) is 20.3. The number of hydrogen-bond acceptors (Lipinski definition) is 6. The summed E-state index contributed by atoms with van der Waals surface area (Å²) in [5, 5.41) is 12.1. The molecule has 2 aromatic carbocycles. The van der Waals surface area contributed by atoms with Crippen molar-refractivity contribution < 1.29 is 19.4 Å². The molecule has 6 nitrogen and oxygen atoms in total. The summed E-state index contributed by atoms with van der Waals surface area (Å²) in [6.45, 7) is 4.50. The van der Waals surface area contributed by atoms with Crippen LogP contribution in [-0.2, 0) is 27.3 Å². The van der Waals surface area contributed by atoms with E-state index in [9.17, 15) is 9.90 Å². The molecule has 8 heteroatoms.